The first-order valence-electron chi connectivity index (χ1n) is 5.74. The van der Waals surface area contributed by atoms with Gasteiger partial charge < -0.3 is 5.11 Å². The second-order valence-corrected chi connectivity index (χ2v) is 5.82. The molecule has 0 saturated heterocycles. The second kappa shape index (κ2) is 5.41. The van der Waals surface area contributed by atoms with Gasteiger partial charge in [0, 0.05) is 6.20 Å². The van der Waals surface area contributed by atoms with Crippen LogP contribution in [-0.2, 0) is 16.6 Å². The molecule has 0 aliphatic rings. The fraction of sp³-hybridized carbons (Fsp3) is 0.250. The highest BCUT2D eigenvalue weighted by atomic mass is 32.2. The first-order valence-corrected chi connectivity index (χ1v) is 7.22. The molecule has 1 heterocycles. The number of nitrogens with one attached hydrogen (secondary N) is 1. The summed E-state index contributed by atoms with van der Waals surface area (Å²) in [7, 11) is -3.60. The van der Waals surface area contributed by atoms with Gasteiger partial charge in [0.05, 0.1) is 29.9 Å². The van der Waals surface area contributed by atoms with Crippen LogP contribution in [0.3, 0.4) is 0 Å². The Hall–Kier alpha value is -1.86. The van der Waals surface area contributed by atoms with Crippen LogP contribution in [0.5, 0.6) is 0 Å². The van der Waals surface area contributed by atoms with Crippen molar-refractivity contribution in [3.8, 4) is 0 Å². The lowest BCUT2D eigenvalue weighted by molar-refractivity contribution is 0.269. The van der Waals surface area contributed by atoms with Crippen molar-refractivity contribution in [3.63, 3.8) is 0 Å². The van der Waals surface area contributed by atoms with Crippen LogP contribution in [0.15, 0.2) is 41.6 Å². The first-order chi connectivity index (χ1) is 9.01. The molecule has 1 aromatic carbocycles. The lowest BCUT2D eigenvalue weighted by Gasteiger charge is -2.05. The smallest absolute Gasteiger partial charge is 0.261 e. The van der Waals surface area contributed by atoms with Gasteiger partial charge in [-0.3, -0.25) is 9.40 Å². The maximum Gasteiger partial charge on any atom is 0.261 e. The van der Waals surface area contributed by atoms with Crippen molar-refractivity contribution < 1.29 is 13.5 Å². The maximum absolute atomic E-state index is 12.1. The summed E-state index contributed by atoms with van der Waals surface area (Å²) < 4.78 is 28.1. The fourth-order valence-electron chi connectivity index (χ4n) is 1.57. The van der Waals surface area contributed by atoms with Crippen LogP contribution in [0.1, 0.15) is 5.56 Å². The van der Waals surface area contributed by atoms with Gasteiger partial charge in [0.15, 0.2) is 0 Å². The number of hydrogen-bond donors (Lipinski definition) is 2. The van der Waals surface area contributed by atoms with Gasteiger partial charge >= 0.3 is 0 Å². The van der Waals surface area contributed by atoms with Crippen molar-refractivity contribution in [2.45, 2.75) is 18.4 Å². The Morgan fingerprint density at radius 1 is 1.32 bits per heavy atom. The van der Waals surface area contributed by atoms with Gasteiger partial charge in [0.1, 0.15) is 0 Å². The van der Waals surface area contributed by atoms with Crippen LogP contribution in [0.25, 0.3) is 0 Å². The van der Waals surface area contributed by atoms with Crippen molar-refractivity contribution in [3.05, 3.63) is 42.2 Å². The number of nitrogens with zero attached hydrogens (tertiary/aromatic N) is 2. The van der Waals surface area contributed by atoms with E-state index in [4.69, 9.17) is 5.11 Å². The third-order valence-corrected chi connectivity index (χ3v) is 3.94. The summed E-state index contributed by atoms with van der Waals surface area (Å²) in [5.74, 6) is 0. The number of benzene rings is 1. The van der Waals surface area contributed by atoms with E-state index in [2.05, 4.69) is 9.82 Å². The zero-order valence-corrected chi connectivity index (χ0v) is 11.3. The Balaban J connectivity index is 2.18. The first kappa shape index (κ1) is 13.6. The summed E-state index contributed by atoms with van der Waals surface area (Å²) in [6.45, 7) is 2.17. The van der Waals surface area contributed by atoms with Crippen molar-refractivity contribution in [1.29, 1.82) is 0 Å². The van der Waals surface area contributed by atoms with E-state index in [-0.39, 0.29) is 11.5 Å². The summed E-state index contributed by atoms with van der Waals surface area (Å²) in [5, 5.41) is 12.7. The molecule has 7 heteroatoms. The lowest BCUT2D eigenvalue weighted by atomic mass is 10.2. The zero-order chi connectivity index (χ0) is 13.9. The van der Waals surface area contributed by atoms with Crippen molar-refractivity contribution in [1.82, 2.24) is 9.78 Å². The van der Waals surface area contributed by atoms with E-state index >= 15 is 0 Å². The topological polar surface area (TPSA) is 84.2 Å². The summed E-state index contributed by atoms with van der Waals surface area (Å²) in [6, 6.07) is 6.58. The Morgan fingerprint density at radius 2 is 2.00 bits per heavy atom. The molecule has 0 aliphatic heterocycles. The molecule has 1 aromatic heterocycles. The zero-order valence-electron chi connectivity index (χ0n) is 10.4. The summed E-state index contributed by atoms with van der Waals surface area (Å²) in [6.07, 6.45) is 2.93. The molecule has 0 saturated carbocycles. The van der Waals surface area contributed by atoms with Crippen LogP contribution >= 0.6 is 0 Å². The maximum atomic E-state index is 12.1. The van der Waals surface area contributed by atoms with Gasteiger partial charge in [-0.15, -0.1) is 0 Å². The van der Waals surface area contributed by atoms with E-state index in [1.165, 1.54) is 17.1 Å². The van der Waals surface area contributed by atoms with Crippen LogP contribution < -0.4 is 4.72 Å². The molecule has 2 aromatic rings. The minimum Gasteiger partial charge on any atom is -0.394 e. The fourth-order valence-corrected chi connectivity index (χ4v) is 2.60. The van der Waals surface area contributed by atoms with Crippen LogP contribution in [0.4, 0.5) is 5.69 Å². The molecular weight excluding hydrogens is 266 g/mol. The highest BCUT2D eigenvalue weighted by Crippen LogP contribution is 2.15. The third-order valence-electron chi connectivity index (χ3n) is 2.55. The summed E-state index contributed by atoms with van der Waals surface area (Å²) in [5.41, 5.74) is 1.36. The number of aromatic nitrogens is 2. The van der Waals surface area contributed by atoms with Gasteiger partial charge in [0.2, 0.25) is 0 Å². The van der Waals surface area contributed by atoms with Crippen LogP contribution in [-0.4, -0.2) is 29.9 Å². The van der Waals surface area contributed by atoms with Gasteiger partial charge in [0.25, 0.3) is 10.0 Å². The minimum absolute atomic E-state index is 0.0498. The van der Waals surface area contributed by atoms with Crippen molar-refractivity contribution in [2.75, 3.05) is 11.3 Å². The Morgan fingerprint density at radius 3 is 2.63 bits per heavy atom. The van der Waals surface area contributed by atoms with Gasteiger partial charge in [-0.2, -0.15) is 5.10 Å². The average molecular weight is 281 g/mol. The molecule has 0 fully saturated rings. The van der Waals surface area contributed by atoms with Gasteiger partial charge in [-0.1, -0.05) is 17.7 Å². The molecule has 0 unspecified atom stereocenters. The number of aryl methyl sites for hydroxylation is 1. The van der Waals surface area contributed by atoms with E-state index in [0.29, 0.717) is 12.2 Å². The predicted molar refractivity (Wildman–Crippen MR) is 71.3 cm³/mol. The minimum atomic E-state index is -3.60. The molecule has 0 spiro atoms. The molecule has 0 bridgehead atoms. The van der Waals surface area contributed by atoms with Crippen LogP contribution in [0, 0.1) is 6.92 Å². The molecule has 6 nitrogen and oxygen atoms in total. The Kier molecular flexibility index (Phi) is 3.87. The van der Waals surface area contributed by atoms with Gasteiger partial charge in [-0.05, 0) is 19.1 Å². The largest absolute Gasteiger partial charge is 0.394 e. The quantitative estimate of drug-likeness (QED) is 0.856. The SMILES string of the molecule is Cc1ccc(S(=O)(=O)Nc2cnn(CCO)c2)cc1. The highest BCUT2D eigenvalue weighted by Gasteiger charge is 2.14. The molecule has 0 aliphatic carbocycles. The molecule has 102 valence electrons. The van der Waals surface area contributed by atoms with Crippen molar-refractivity contribution in [2.24, 2.45) is 0 Å². The Bertz CT molecular complexity index is 647. The molecule has 19 heavy (non-hydrogen) atoms. The Labute approximate surface area is 111 Å². The van der Waals surface area contributed by atoms with Crippen LogP contribution in [0.2, 0.25) is 0 Å². The molecule has 0 atom stereocenters. The van der Waals surface area contributed by atoms with Gasteiger partial charge in [-0.25, -0.2) is 8.42 Å². The number of aliphatic hydroxyl groups is 1. The number of sulfonamides is 1. The van der Waals surface area contributed by atoms with Crippen molar-refractivity contribution >= 4 is 15.7 Å². The standard InChI is InChI=1S/C12H15N3O3S/c1-10-2-4-12(5-3-10)19(17,18)14-11-8-13-15(9-11)6-7-16/h2-5,8-9,14,16H,6-7H2,1H3. The molecule has 0 radical (unpaired) electrons. The number of aliphatic hydroxyl groups excluding tert-OH is 1. The second-order valence-electron chi connectivity index (χ2n) is 4.13. The van der Waals surface area contributed by atoms with E-state index in [1.807, 2.05) is 6.92 Å². The lowest BCUT2D eigenvalue weighted by Crippen LogP contribution is -2.12. The van der Waals surface area contributed by atoms with E-state index in [1.54, 1.807) is 24.3 Å². The molecular formula is C12H15N3O3S. The number of rotatable bonds is 5. The number of hydrogen-bond acceptors (Lipinski definition) is 4. The predicted octanol–water partition coefficient (Wildman–Crippen LogP) is 0.985. The molecule has 2 N–H and O–H groups in total. The van der Waals surface area contributed by atoms with E-state index in [0.717, 1.165) is 5.56 Å². The molecule has 2 rings (SSSR count). The highest BCUT2D eigenvalue weighted by molar-refractivity contribution is 7.92. The normalized spacial score (nSPS) is 11.5. The van der Waals surface area contributed by atoms with E-state index < -0.39 is 10.0 Å². The third kappa shape index (κ3) is 3.33. The average Bonchev–Trinajstić information content (AvgIpc) is 2.77. The summed E-state index contributed by atoms with van der Waals surface area (Å²) in [4.78, 5) is 0.202. The monoisotopic (exact) mass is 281 g/mol. The van der Waals surface area contributed by atoms with E-state index in [9.17, 15) is 8.42 Å². The molecule has 0 amide bonds. The number of anilines is 1. The summed E-state index contributed by atoms with van der Waals surface area (Å²) >= 11 is 0.